The van der Waals surface area contributed by atoms with Gasteiger partial charge < -0.3 is 33.9 Å². The van der Waals surface area contributed by atoms with E-state index >= 15 is 0 Å². The molecule has 3 rings (SSSR count). The zero-order valence-corrected chi connectivity index (χ0v) is 27.4. The molecule has 1 fully saturated rings. The van der Waals surface area contributed by atoms with E-state index in [4.69, 9.17) is 18.6 Å². The smallest absolute Gasteiger partial charge is 0.330 e. The predicted molar refractivity (Wildman–Crippen MR) is 170 cm³/mol. The van der Waals surface area contributed by atoms with Crippen LogP contribution in [0.15, 0.2) is 64.4 Å². The van der Waals surface area contributed by atoms with Gasteiger partial charge in [0.25, 0.3) is 0 Å². The first-order valence-electron chi connectivity index (χ1n) is 15.5. The van der Waals surface area contributed by atoms with Crippen molar-refractivity contribution in [3.05, 3.63) is 71.5 Å². The van der Waals surface area contributed by atoms with Gasteiger partial charge in [-0.25, -0.2) is 9.78 Å². The number of methoxy groups -OCH3 is 1. The fourth-order valence-electron chi connectivity index (χ4n) is 5.45. The number of aliphatic hydroxyl groups excluding tert-OH is 3. The number of hydrogen-bond donors (Lipinski definition) is 3. The van der Waals surface area contributed by atoms with Crippen molar-refractivity contribution >= 4 is 18.0 Å². The molecule has 10 heteroatoms. The normalized spacial score (nSPS) is 33.2. The Kier molecular flexibility index (Phi) is 13.1. The third-order valence-corrected chi connectivity index (χ3v) is 8.73. The van der Waals surface area contributed by atoms with Gasteiger partial charge in [0.1, 0.15) is 29.8 Å². The van der Waals surface area contributed by atoms with Gasteiger partial charge in [-0.2, -0.15) is 0 Å². The molecule has 0 radical (unpaired) electrons. The van der Waals surface area contributed by atoms with Crippen LogP contribution < -0.4 is 0 Å². The minimum Gasteiger partial charge on any atom is -0.469 e. The SMILES string of the molecule is COC(=O)C[C@@H]1C/C=C/C(=O)O[C@H]([C@H](C)[C@@H](O)/C(C)=C/C=C/C(C)=C/c2coc(C)n2)C[C@H](O)[C@@]2(C)O[C@@H]2/C=C/[C@@H](C)[C@H](O)C1. The molecule has 0 spiro atoms. The fourth-order valence-corrected chi connectivity index (χ4v) is 5.45. The van der Waals surface area contributed by atoms with Gasteiger partial charge in [-0.1, -0.05) is 50.3 Å². The Morgan fingerprint density at radius 3 is 2.64 bits per heavy atom. The summed E-state index contributed by atoms with van der Waals surface area (Å²) in [5, 5.41) is 33.3. The minimum absolute atomic E-state index is 0.0455. The van der Waals surface area contributed by atoms with Crippen LogP contribution in [-0.4, -0.2) is 75.5 Å². The molecule has 45 heavy (non-hydrogen) atoms. The predicted octanol–water partition coefficient (Wildman–Crippen LogP) is 4.79. The molecule has 0 amide bonds. The summed E-state index contributed by atoms with van der Waals surface area (Å²) in [4.78, 5) is 29.2. The second kappa shape index (κ2) is 16.3. The summed E-state index contributed by atoms with van der Waals surface area (Å²) < 4.78 is 21.7. The van der Waals surface area contributed by atoms with Crippen molar-refractivity contribution in [2.45, 2.75) is 103 Å². The molecule has 9 atom stereocenters. The number of oxazole rings is 1. The van der Waals surface area contributed by atoms with Crippen molar-refractivity contribution in [2.75, 3.05) is 7.11 Å². The number of ether oxygens (including phenoxy) is 3. The van der Waals surface area contributed by atoms with E-state index < -0.39 is 47.9 Å². The molecule has 1 aromatic heterocycles. The summed E-state index contributed by atoms with van der Waals surface area (Å²) in [6.45, 7) is 10.9. The van der Waals surface area contributed by atoms with Crippen LogP contribution in [-0.2, 0) is 23.8 Å². The van der Waals surface area contributed by atoms with Gasteiger partial charge in [0.05, 0.1) is 25.4 Å². The first-order chi connectivity index (χ1) is 21.2. The average Bonchev–Trinajstić information content (AvgIpc) is 3.50. The highest BCUT2D eigenvalue weighted by Crippen LogP contribution is 2.43. The molecule has 0 aliphatic carbocycles. The first-order valence-corrected chi connectivity index (χ1v) is 15.5. The van der Waals surface area contributed by atoms with E-state index in [0.717, 1.165) is 11.3 Å². The van der Waals surface area contributed by atoms with Crippen molar-refractivity contribution < 1.29 is 43.5 Å². The molecule has 0 aromatic carbocycles. The number of carbonyl (C=O) groups excluding carboxylic acids is 2. The number of allylic oxidation sites excluding steroid dienone is 5. The lowest BCUT2D eigenvalue weighted by molar-refractivity contribution is -0.150. The van der Waals surface area contributed by atoms with Crippen LogP contribution in [0.3, 0.4) is 0 Å². The number of cyclic esters (lactones) is 1. The number of epoxide rings is 1. The van der Waals surface area contributed by atoms with E-state index in [-0.39, 0.29) is 30.8 Å². The van der Waals surface area contributed by atoms with Crippen LogP contribution >= 0.6 is 0 Å². The van der Waals surface area contributed by atoms with Crippen molar-refractivity contribution in [3.8, 4) is 0 Å². The number of nitrogens with zero attached hydrogens (tertiary/aromatic N) is 1. The lowest BCUT2D eigenvalue weighted by atomic mass is 9.86. The van der Waals surface area contributed by atoms with Crippen LogP contribution in [0.2, 0.25) is 0 Å². The van der Waals surface area contributed by atoms with Gasteiger partial charge in [-0.15, -0.1) is 0 Å². The Bertz CT molecular complexity index is 1310. The van der Waals surface area contributed by atoms with Crippen molar-refractivity contribution in [3.63, 3.8) is 0 Å². The summed E-state index contributed by atoms with van der Waals surface area (Å²) in [5.41, 5.74) is 1.41. The Morgan fingerprint density at radius 2 is 1.98 bits per heavy atom. The monoisotopic (exact) mass is 627 g/mol. The van der Waals surface area contributed by atoms with Crippen LogP contribution in [0.25, 0.3) is 6.08 Å². The lowest BCUT2D eigenvalue weighted by Gasteiger charge is -2.30. The van der Waals surface area contributed by atoms with Gasteiger partial charge in [-0.3, -0.25) is 4.79 Å². The van der Waals surface area contributed by atoms with Crippen molar-refractivity contribution in [2.24, 2.45) is 17.8 Å². The highest BCUT2D eigenvalue weighted by atomic mass is 16.6. The van der Waals surface area contributed by atoms with Crippen LogP contribution in [0, 0.1) is 24.7 Å². The molecule has 248 valence electrons. The fraction of sp³-hybridized carbons (Fsp3) is 0.571. The second-order valence-corrected chi connectivity index (χ2v) is 12.5. The molecule has 2 aliphatic heterocycles. The van der Waals surface area contributed by atoms with E-state index in [1.54, 1.807) is 46.1 Å². The van der Waals surface area contributed by atoms with Gasteiger partial charge in [0.2, 0.25) is 0 Å². The summed E-state index contributed by atoms with van der Waals surface area (Å²) in [7, 11) is 1.32. The topological polar surface area (TPSA) is 152 Å². The molecule has 0 unspecified atom stereocenters. The van der Waals surface area contributed by atoms with Crippen LogP contribution in [0.5, 0.6) is 0 Å². The molecule has 1 saturated heterocycles. The third-order valence-electron chi connectivity index (χ3n) is 8.73. The zero-order chi connectivity index (χ0) is 33.3. The van der Waals surface area contributed by atoms with E-state index in [1.807, 2.05) is 44.2 Å². The third kappa shape index (κ3) is 10.6. The summed E-state index contributed by atoms with van der Waals surface area (Å²) >= 11 is 0. The molecule has 2 aliphatic rings. The number of aliphatic hydroxyl groups is 3. The average molecular weight is 628 g/mol. The molecule has 0 bridgehead atoms. The molecule has 1 aromatic rings. The quantitative estimate of drug-likeness (QED) is 0.159. The summed E-state index contributed by atoms with van der Waals surface area (Å²) in [6, 6.07) is 0. The number of hydrogen-bond acceptors (Lipinski definition) is 10. The molecule has 0 saturated carbocycles. The highest BCUT2D eigenvalue weighted by molar-refractivity contribution is 5.82. The maximum Gasteiger partial charge on any atom is 0.330 e. The lowest BCUT2D eigenvalue weighted by Crippen LogP contribution is -2.40. The van der Waals surface area contributed by atoms with Gasteiger partial charge in [0.15, 0.2) is 5.89 Å². The standard InChI is InChI=1S/C35H49NO9/c1-21(16-27-20-43-25(5)36-27)10-8-11-23(3)34(41)24(4)29-19-30(38)35(6)31(45-35)15-14-22(2)28(37)17-26(18-33(40)42-7)12-9-13-32(39)44-29/h8-11,13-16,20,22,24,26,28-31,34,37-38,41H,12,17-19H2,1-7H3/b10-8+,13-9+,15-14+,21-16+,23-11+/t22-,24+,26-,28-,29+,30+,31-,34+,35-/m1/s1. The molecular weight excluding hydrogens is 578 g/mol. The maximum absolute atomic E-state index is 13.0. The Balaban J connectivity index is 1.79. The molecule has 3 heterocycles. The van der Waals surface area contributed by atoms with E-state index in [9.17, 15) is 24.9 Å². The number of aryl methyl sites for hydroxylation is 1. The zero-order valence-electron chi connectivity index (χ0n) is 27.4. The Hall–Kier alpha value is -3.31. The number of esters is 2. The first kappa shape index (κ1) is 36.2. The van der Waals surface area contributed by atoms with Crippen LogP contribution in [0.1, 0.15) is 71.9 Å². The van der Waals surface area contributed by atoms with Gasteiger partial charge in [-0.05, 0) is 56.8 Å². The Labute approximate surface area is 266 Å². The van der Waals surface area contributed by atoms with E-state index in [2.05, 4.69) is 4.98 Å². The maximum atomic E-state index is 13.0. The van der Waals surface area contributed by atoms with Crippen molar-refractivity contribution in [1.82, 2.24) is 4.98 Å². The number of fused-ring (bicyclic) bond motifs is 1. The number of carbonyl (C=O) groups is 2. The van der Waals surface area contributed by atoms with E-state index in [1.165, 1.54) is 13.2 Å². The minimum atomic E-state index is -0.988. The van der Waals surface area contributed by atoms with Gasteiger partial charge >= 0.3 is 11.9 Å². The van der Waals surface area contributed by atoms with Gasteiger partial charge in [0, 0.05) is 37.7 Å². The van der Waals surface area contributed by atoms with E-state index in [0.29, 0.717) is 24.3 Å². The molecule has 10 nitrogen and oxygen atoms in total. The molecule has 3 N–H and O–H groups in total. The second-order valence-electron chi connectivity index (χ2n) is 12.5. The van der Waals surface area contributed by atoms with Crippen LogP contribution in [0.4, 0.5) is 0 Å². The van der Waals surface area contributed by atoms with Crippen molar-refractivity contribution in [1.29, 1.82) is 0 Å². The largest absolute Gasteiger partial charge is 0.469 e. The number of aromatic nitrogens is 1. The summed E-state index contributed by atoms with van der Waals surface area (Å²) in [6.07, 6.45) is 12.5. The summed E-state index contributed by atoms with van der Waals surface area (Å²) in [5.74, 6) is -1.48. The highest BCUT2D eigenvalue weighted by Gasteiger charge is 2.56. The Morgan fingerprint density at radius 1 is 1.24 bits per heavy atom. The molecular formula is C35H49NO9. The number of rotatable bonds is 8.